The second-order valence-electron chi connectivity index (χ2n) is 6.01. The molecule has 2 fully saturated rings. The summed E-state index contributed by atoms with van der Waals surface area (Å²) in [6.45, 7) is 0.211. The van der Waals surface area contributed by atoms with Crippen molar-refractivity contribution >= 4 is 33.9 Å². The minimum Gasteiger partial charge on any atom is -0.468 e. The van der Waals surface area contributed by atoms with E-state index < -0.39 is 22.0 Å². The lowest BCUT2D eigenvalue weighted by Gasteiger charge is -2.20. The van der Waals surface area contributed by atoms with Gasteiger partial charge in [0, 0.05) is 12.3 Å². The second-order valence-corrected chi connectivity index (χ2v) is 8.98. The van der Waals surface area contributed by atoms with Crippen LogP contribution in [0.15, 0.2) is 30.3 Å². The van der Waals surface area contributed by atoms with Crippen molar-refractivity contribution in [1.82, 2.24) is 9.03 Å². The van der Waals surface area contributed by atoms with E-state index in [1.54, 1.807) is 11.9 Å². The maximum absolute atomic E-state index is 11.9. The molecule has 0 bridgehead atoms. The number of sulfonamides is 1. The highest BCUT2D eigenvalue weighted by molar-refractivity contribution is 7.97. The molecule has 8 nitrogen and oxygen atoms in total. The monoisotopic (exact) mass is 416 g/mol. The molecule has 2 heterocycles. The first-order chi connectivity index (χ1) is 12.9. The molecule has 1 aromatic rings. The molecule has 1 aromatic carbocycles. The number of methoxy groups -OCH3 is 2. The Kier molecular flexibility index (Phi) is 8.08. The number of nitrogens with one attached hydrogen (secondary N) is 1. The van der Waals surface area contributed by atoms with Crippen LogP contribution in [0.4, 0.5) is 0 Å². The number of esters is 2. The predicted molar refractivity (Wildman–Crippen MR) is 102 cm³/mol. The number of benzene rings is 1. The average molecular weight is 417 g/mol. The zero-order chi connectivity index (χ0) is 19.9. The molecule has 0 amide bonds. The lowest BCUT2D eigenvalue weighted by Crippen LogP contribution is -2.38. The fraction of sp³-hybridized carbons (Fsp3) is 0.529. The van der Waals surface area contributed by atoms with Crippen molar-refractivity contribution < 1.29 is 27.5 Å². The lowest BCUT2D eigenvalue weighted by atomic mass is 10.2. The number of ether oxygens (including phenoxy) is 2. The molecule has 2 saturated heterocycles. The lowest BCUT2D eigenvalue weighted by molar-refractivity contribution is -0.145. The summed E-state index contributed by atoms with van der Waals surface area (Å²) >= 11 is 1.58. The van der Waals surface area contributed by atoms with Gasteiger partial charge in [-0.1, -0.05) is 42.3 Å². The highest BCUT2D eigenvalue weighted by Gasteiger charge is 2.42. The summed E-state index contributed by atoms with van der Waals surface area (Å²) in [6, 6.07) is 8.45. The molecule has 1 N–H and O–H groups in total. The van der Waals surface area contributed by atoms with Crippen LogP contribution in [-0.2, 0) is 35.6 Å². The Hall–Kier alpha value is -1.62. The van der Waals surface area contributed by atoms with Crippen LogP contribution in [0.3, 0.4) is 0 Å². The van der Waals surface area contributed by atoms with E-state index in [0.29, 0.717) is 6.42 Å². The van der Waals surface area contributed by atoms with Crippen LogP contribution in [0.1, 0.15) is 18.4 Å². The maximum Gasteiger partial charge on any atom is 0.324 e. The van der Waals surface area contributed by atoms with Gasteiger partial charge in [-0.2, -0.15) is 4.31 Å². The van der Waals surface area contributed by atoms with Crippen LogP contribution < -0.4 is 4.72 Å². The smallest absolute Gasteiger partial charge is 0.324 e. The number of rotatable bonds is 4. The quantitative estimate of drug-likeness (QED) is 0.571. The molecule has 150 valence electrons. The Bertz CT molecular complexity index is 735. The van der Waals surface area contributed by atoms with Crippen molar-refractivity contribution in [2.24, 2.45) is 0 Å². The van der Waals surface area contributed by atoms with E-state index >= 15 is 0 Å². The fourth-order valence-electron chi connectivity index (χ4n) is 2.76. The van der Waals surface area contributed by atoms with E-state index in [9.17, 15) is 18.0 Å². The third-order valence-corrected chi connectivity index (χ3v) is 6.97. The molecule has 2 unspecified atom stereocenters. The number of nitrogens with zero attached hydrogens (tertiary/aromatic N) is 1. The van der Waals surface area contributed by atoms with Gasteiger partial charge in [-0.3, -0.25) is 9.59 Å². The van der Waals surface area contributed by atoms with Gasteiger partial charge < -0.3 is 9.47 Å². The molecule has 0 aliphatic carbocycles. The van der Waals surface area contributed by atoms with Crippen molar-refractivity contribution in [3.8, 4) is 0 Å². The van der Waals surface area contributed by atoms with Gasteiger partial charge in [0.25, 0.3) is 0 Å². The largest absolute Gasteiger partial charge is 0.468 e. The molecular weight excluding hydrogens is 392 g/mol. The summed E-state index contributed by atoms with van der Waals surface area (Å²) < 4.78 is 37.2. The number of hydrogen-bond acceptors (Lipinski definition) is 8. The highest BCUT2D eigenvalue weighted by Crippen LogP contribution is 2.24. The van der Waals surface area contributed by atoms with Gasteiger partial charge in [-0.15, -0.1) is 0 Å². The van der Waals surface area contributed by atoms with Crippen molar-refractivity contribution in [3.63, 3.8) is 0 Å². The maximum atomic E-state index is 11.9. The van der Waals surface area contributed by atoms with Crippen molar-refractivity contribution in [3.05, 3.63) is 35.9 Å². The third kappa shape index (κ3) is 5.93. The van der Waals surface area contributed by atoms with Gasteiger partial charge in [0.2, 0.25) is 10.0 Å². The standard InChI is InChI=1S/C12H15NO4S.C5H9NO2S/c1-17-12(14)11-7-8-18(15,16)13(11)9-10-5-3-2-4-6-10;1-8-5(7)4-2-3-9-6-4/h2-6,11H,7-9H2,1H3;4,6H,2-3H2,1H3. The number of carbonyl (C=O) groups excluding carboxylic acids is 2. The second kappa shape index (κ2) is 10.1. The first-order valence-corrected chi connectivity index (χ1v) is 11.0. The van der Waals surface area contributed by atoms with Gasteiger partial charge in [0.05, 0.1) is 20.0 Å². The molecule has 3 rings (SSSR count). The summed E-state index contributed by atoms with van der Waals surface area (Å²) in [5, 5.41) is 0. The molecule has 2 aliphatic rings. The van der Waals surface area contributed by atoms with Crippen molar-refractivity contribution in [1.29, 1.82) is 0 Å². The van der Waals surface area contributed by atoms with E-state index in [-0.39, 0.29) is 24.3 Å². The normalized spacial score (nSPS) is 23.9. The number of hydrogen-bond donors (Lipinski definition) is 1. The van der Waals surface area contributed by atoms with Crippen LogP contribution in [-0.4, -0.2) is 62.5 Å². The highest BCUT2D eigenvalue weighted by atomic mass is 32.2. The number of carbonyl (C=O) groups is 2. The third-order valence-electron chi connectivity index (χ3n) is 4.23. The molecule has 10 heteroatoms. The average Bonchev–Trinajstić information content (AvgIpc) is 3.31. The summed E-state index contributed by atoms with van der Waals surface area (Å²) in [5.74, 6) is 0.353. The Morgan fingerprint density at radius 1 is 1.15 bits per heavy atom. The van der Waals surface area contributed by atoms with Gasteiger partial charge in [0.1, 0.15) is 12.1 Å². The minimum atomic E-state index is -3.36. The van der Waals surface area contributed by atoms with E-state index in [1.807, 2.05) is 30.3 Å². The Morgan fingerprint density at radius 2 is 1.81 bits per heavy atom. The predicted octanol–water partition coefficient (Wildman–Crippen LogP) is 0.933. The van der Waals surface area contributed by atoms with Crippen LogP contribution >= 0.6 is 11.9 Å². The SMILES string of the molecule is COC(=O)C1CCS(=O)(=O)N1Cc1ccccc1.COC(=O)C1CCSN1. The summed E-state index contributed by atoms with van der Waals surface area (Å²) in [7, 11) is -0.676. The van der Waals surface area contributed by atoms with E-state index in [1.165, 1.54) is 18.5 Å². The molecule has 0 spiro atoms. The van der Waals surface area contributed by atoms with Crippen molar-refractivity contribution in [2.45, 2.75) is 31.5 Å². The summed E-state index contributed by atoms with van der Waals surface area (Å²) in [6.07, 6.45) is 1.18. The van der Waals surface area contributed by atoms with Crippen LogP contribution in [0.2, 0.25) is 0 Å². The molecule has 0 saturated carbocycles. The minimum absolute atomic E-state index is 0.000397. The Balaban J connectivity index is 0.000000244. The zero-order valence-corrected chi connectivity index (χ0v) is 16.9. The molecule has 2 aliphatic heterocycles. The topological polar surface area (TPSA) is 102 Å². The van der Waals surface area contributed by atoms with Crippen LogP contribution in [0.25, 0.3) is 0 Å². The Labute approximate surface area is 163 Å². The van der Waals surface area contributed by atoms with E-state index in [0.717, 1.165) is 17.7 Å². The van der Waals surface area contributed by atoms with Gasteiger partial charge >= 0.3 is 11.9 Å². The summed E-state index contributed by atoms with van der Waals surface area (Å²) in [4.78, 5) is 22.3. The zero-order valence-electron chi connectivity index (χ0n) is 15.3. The fourth-order valence-corrected chi connectivity index (χ4v) is 5.33. The first-order valence-electron chi connectivity index (χ1n) is 8.45. The molecule has 2 atom stereocenters. The van der Waals surface area contributed by atoms with E-state index in [4.69, 9.17) is 0 Å². The molecular formula is C17H24N2O6S2. The van der Waals surface area contributed by atoms with Gasteiger partial charge in [-0.05, 0) is 18.4 Å². The molecule has 27 heavy (non-hydrogen) atoms. The van der Waals surface area contributed by atoms with Crippen molar-refractivity contribution in [2.75, 3.05) is 25.7 Å². The first kappa shape index (κ1) is 21.7. The van der Waals surface area contributed by atoms with E-state index in [2.05, 4.69) is 14.2 Å². The van der Waals surface area contributed by atoms with Crippen LogP contribution in [0, 0.1) is 0 Å². The molecule has 0 radical (unpaired) electrons. The summed E-state index contributed by atoms with van der Waals surface area (Å²) in [5.41, 5.74) is 0.858. The Morgan fingerprint density at radius 3 is 2.37 bits per heavy atom. The molecule has 0 aromatic heterocycles. The van der Waals surface area contributed by atoms with Gasteiger partial charge in [-0.25, -0.2) is 13.1 Å². The van der Waals surface area contributed by atoms with Crippen LogP contribution in [0.5, 0.6) is 0 Å². The van der Waals surface area contributed by atoms with Gasteiger partial charge in [0.15, 0.2) is 0 Å².